The van der Waals surface area contributed by atoms with Gasteiger partial charge in [0, 0.05) is 25.9 Å². The van der Waals surface area contributed by atoms with Gasteiger partial charge in [0.25, 0.3) is 5.91 Å². The van der Waals surface area contributed by atoms with Crippen LogP contribution >= 0.6 is 0 Å². The fourth-order valence-electron chi connectivity index (χ4n) is 5.03. The molecule has 1 unspecified atom stereocenters. The zero-order valence-corrected chi connectivity index (χ0v) is 31.4. The van der Waals surface area contributed by atoms with Crippen LogP contribution in [0.15, 0.2) is 0 Å². The first kappa shape index (κ1) is 48.1. The average Bonchev–Trinajstić information content (AvgIpc) is 3.10. The number of amides is 4. The Morgan fingerprint density at radius 1 is 0.529 bits per heavy atom. The van der Waals surface area contributed by atoms with Gasteiger partial charge in [0.05, 0.1) is 46.8 Å². The van der Waals surface area contributed by atoms with E-state index in [4.69, 9.17) is 18.9 Å². The largest absolute Gasteiger partial charge is 0.480 e. The van der Waals surface area contributed by atoms with Crippen LogP contribution in [0, 0.1) is 0 Å². The molecule has 0 aromatic heterocycles. The normalized spacial score (nSPS) is 11.6. The van der Waals surface area contributed by atoms with E-state index < -0.39 is 17.9 Å². The second-order valence-electron chi connectivity index (χ2n) is 12.5. The van der Waals surface area contributed by atoms with E-state index in [9.17, 15) is 29.1 Å². The van der Waals surface area contributed by atoms with Gasteiger partial charge in [-0.25, -0.2) is 10.3 Å². The number of carboxylic acids is 1. The number of aliphatic carboxylic acids is 1. The van der Waals surface area contributed by atoms with Crippen molar-refractivity contribution in [2.24, 2.45) is 0 Å². The van der Waals surface area contributed by atoms with E-state index in [1.54, 1.807) is 0 Å². The Balaban J connectivity index is 3.66. The summed E-state index contributed by atoms with van der Waals surface area (Å²) in [7, 11) is 1.33. The minimum atomic E-state index is -1.16. The molecule has 51 heavy (non-hydrogen) atoms. The summed E-state index contributed by atoms with van der Waals surface area (Å²) in [6, 6.07) is -1.11. The van der Waals surface area contributed by atoms with Crippen LogP contribution in [0.4, 0.5) is 0 Å². The van der Waals surface area contributed by atoms with Crippen molar-refractivity contribution < 1.29 is 52.9 Å². The maximum atomic E-state index is 12.3. The smallest absolute Gasteiger partial charge is 0.326 e. The van der Waals surface area contributed by atoms with Crippen LogP contribution in [-0.2, 0) is 47.8 Å². The van der Waals surface area contributed by atoms with E-state index >= 15 is 0 Å². The van der Waals surface area contributed by atoms with Crippen LogP contribution in [0.1, 0.15) is 122 Å². The molecular weight excluding hydrogens is 664 g/mol. The molecule has 15 nitrogen and oxygen atoms in total. The van der Waals surface area contributed by atoms with E-state index in [1.807, 2.05) is 0 Å². The van der Waals surface area contributed by atoms with Crippen LogP contribution in [0.3, 0.4) is 0 Å². The highest BCUT2D eigenvalue weighted by atomic mass is 16.6. The third kappa shape index (κ3) is 35.3. The van der Waals surface area contributed by atoms with E-state index in [0.29, 0.717) is 6.54 Å². The Bertz CT molecular complexity index is 895. The molecule has 0 saturated heterocycles. The summed E-state index contributed by atoms with van der Waals surface area (Å²) < 4.78 is 21.0. The molecule has 0 saturated carbocycles. The molecule has 0 aliphatic heterocycles. The molecule has 298 valence electrons. The molecule has 1 atom stereocenters. The minimum Gasteiger partial charge on any atom is -0.480 e. The van der Waals surface area contributed by atoms with Gasteiger partial charge in [-0.15, -0.1) is 0 Å². The van der Waals surface area contributed by atoms with Crippen molar-refractivity contribution in [1.29, 1.82) is 0 Å². The van der Waals surface area contributed by atoms with E-state index in [2.05, 4.69) is 33.2 Å². The van der Waals surface area contributed by atoms with Crippen molar-refractivity contribution in [2.75, 3.05) is 73.1 Å². The Labute approximate surface area is 305 Å². The third-order valence-corrected chi connectivity index (χ3v) is 7.86. The number of hydrogen-bond acceptors (Lipinski definition) is 10. The molecule has 0 aliphatic rings. The number of ether oxygens (including phenoxy) is 4. The predicted octanol–water partition coefficient (Wildman–Crippen LogP) is 3.57. The molecule has 0 bridgehead atoms. The monoisotopic (exact) mass is 732 g/mol. The molecule has 15 heteroatoms. The van der Waals surface area contributed by atoms with Crippen molar-refractivity contribution in [3.8, 4) is 0 Å². The van der Waals surface area contributed by atoms with E-state index in [0.717, 1.165) is 19.3 Å². The van der Waals surface area contributed by atoms with Crippen molar-refractivity contribution in [1.82, 2.24) is 21.4 Å². The summed E-state index contributed by atoms with van der Waals surface area (Å²) >= 11 is 0. The molecule has 0 heterocycles. The molecule has 0 aliphatic carbocycles. The number of hydroxylamine groups is 1. The molecule has 4 amide bonds. The molecule has 0 aromatic carbocycles. The summed E-state index contributed by atoms with van der Waals surface area (Å²) in [6.07, 6.45) is 18.8. The third-order valence-electron chi connectivity index (χ3n) is 7.86. The highest BCUT2D eigenvalue weighted by molar-refractivity contribution is 5.84. The fraction of sp³-hybridized carbons (Fsp3) is 0.861. The quantitative estimate of drug-likeness (QED) is 0.0459. The first-order chi connectivity index (χ1) is 24.8. The Morgan fingerprint density at radius 3 is 1.47 bits per heavy atom. The number of hydrogen-bond donors (Lipinski definition) is 5. The Morgan fingerprint density at radius 2 is 0.980 bits per heavy atom. The second-order valence-corrected chi connectivity index (χ2v) is 12.5. The van der Waals surface area contributed by atoms with Gasteiger partial charge < -0.3 is 40.0 Å². The highest BCUT2D eigenvalue weighted by Gasteiger charge is 2.20. The van der Waals surface area contributed by atoms with E-state index in [-0.39, 0.29) is 96.4 Å². The van der Waals surface area contributed by atoms with Crippen LogP contribution in [0.2, 0.25) is 0 Å². The molecule has 0 spiro atoms. The van der Waals surface area contributed by atoms with Crippen molar-refractivity contribution in [3.05, 3.63) is 0 Å². The fourth-order valence-corrected chi connectivity index (χ4v) is 5.03. The number of carboxylic acid groups (broad SMARTS) is 1. The number of unbranched alkanes of at least 4 members (excludes halogenated alkanes) is 14. The standard InChI is InChI=1S/C36H68N4O11/c1-3-4-5-6-7-8-9-10-11-12-13-14-15-16-17-18-33(42)39-31(36(45)46)19-20-32(41)37-21-23-48-25-27-50-29-34(43)38-22-24-49-26-28-51-30-35(44)40-47-2/h31H,3-30H2,1-2H3,(H,37,41)(H,38,43)(H,39,42)(H,40,44)(H,45,46). The van der Waals surface area contributed by atoms with Gasteiger partial charge in [0.1, 0.15) is 19.3 Å². The molecule has 0 fully saturated rings. The number of carbonyl (C=O) groups is 5. The molecule has 0 aromatic rings. The van der Waals surface area contributed by atoms with E-state index in [1.165, 1.54) is 84.2 Å². The van der Waals surface area contributed by atoms with Gasteiger partial charge in [0.15, 0.2) is 0 Å². The summed E-state index contributed by atoms with van der Waals surface area (Å²) in [6.45, 7) is 3.89. The van der Waals surface area contributed by atoms with Gasteiger partial charge in [0.2, 0.25) is 17.7 Å². The number of nitrogens with one attached hydrogen (secondary N) is 4. The number of carbonyl (C=O) groups excluding carboxylic acids is 4. The van der Waals surface area contributed by atoms with Crippen LogP contribution in [-0.4, -0.2) is 114 Å². The number of rotatable bonds is 38. The first-order valence-corrected chi connectivity index (χ1v) is 19.0. The maximum absolute atomic E-state index is 12.3. The molecule has 0 radical (unpaired) electrons. The molecule has 0 rings (SSSR count). The molecule has 5 N–H and O–H groups in total. The van der Waals surface area contributed by atoms with Gasteiger partial charge in [-0.05, 0) is 12.8 Å². The van der Waals surface area contributed by atoms with Crippen molar-refractivity contribution >= 4 is 29.6 Å². The zero-order valence-electron chi connectivity index (χ0n) is 31.4. The SMILES string of the molecule is CCCCCCCCCCCCCCCCCC(=O)NC(CCC(=O)NCCOCCOCC(=O)NCCOCCOCC(=O)NOC)C(=O)O. The van der Waals surface area contributed by atoms with Crippen molar-refractivity contribution in [3.63, 3.8) is 0 Å². The predicted molar refractivity (Wildman–Crippen MR) is 193 cm³/mol. The summed E-state index contributed by atoms with van der Waals surface area (Å²) in [4.78, 5) is 63.3. The van der Waals surface area contributed by atoms with Gasteiger partial charge in [-0.1, -0.05) is 96.8 Å². The molecular formula is C36H68N4O11. The Hall–Kier alpha value is -2.85. The lowest BCUT2D eigenvalue weighted by Crippen LogP contribution is -2.41. The van der Waals surface area contributed by atoms with Gasteiger partial charge in [-0.2, -0.15) is 0 Å². The Kier molecular flexibility index (Phi) is 34.9. The summed E-state index contributed by atoms with van der Waals surface area (Å²) in [5.41, 5.74) is 2.12. The lowest BCUT2D eigenvalue weighted by molar-refractivity contribution is -0.142. The van der Waals surface area contributed by atoms with Gasteiger partial charge >= 0.3 is 5.97 Å². The maximum Gasteiger partial charge on any atom is 0.326 e. The summed E-state index contributed by atoms with van der Waals surface area (Å²) in [5, 5.41) is 17.3. The minimum absolute atomic E-state index is 0.00153. The lowest BCUT2D eigenvalue weighted by Gasteiger charge is -2.14. The average molecular weight is 733 g/mol. The summed E-state index contributed by atoms with van der Waals surface area (Å²) in [5.74, 6) is -2.50. The van der Waals surface area contributed by atoms with Crippen LogP contribution in [0.25, 0.3) is 0 Å². The lowest BCUT2D eigenvalue weighted by atomic mass is 10.0. The van der Waals surface area contributed by atoms with Crippen molar-refractivity contribution in [2.45, 2.75) is 129 Å². The van der Waals surface area contributed by atoms with Crippen LogP contribution < -0.4 is 21.4 Å². The second kappa shape index (κ2) is 36.9. The zero-order chi connectivity index (χ0) is 37.6. The topological polar surface area (TPSA) is 200 Å². The highest BCUT2D eigenvalue weighted by Crippen LogP contribution is 2.14. The van der Waals surface area contributed by atoms with Crippen LogP contribution in [0.5, 0.6) is 0 Å². The first-order valence-electron chi connectivity index (χ1n) is 19.0. The van der Waals surface area contributed by atoms with Gasteiger partial charge in [-0.3, -0.25) is 24.0 Å².